The van der Waals surface area contributed by atoms with Crippen molar-refractivity contribution in [3.05, 3.63) is 108 Å². The Kier molecular flexibility index (Phi) is 28.0. The maximum absolute atomic E-state index is 14.1. The fourth-order valence-electron chi connectivity index (χ4n) is 8.49. The minimum absolute atomic E-state index is 0.0787. The number of hydrogen-bond acceptors (Lipinski definition) is 8. The van der Waals surface area contributed by atoms with Gasteiger partial charge in [-0.2, -0.15) is 0 Å². The summed E-state index contributed by atoms with van der Waals surface area (Å²) in [7, 11) is 0. The number of esters is 1. The van der Waals surface area contributed by atoms with E-state index in [1.807, 2.05) is 91.0 Å². The third-order valence-corrected chi connectivity index (χ3v) is 12.3. The highest BCUT2D eigenvalue weighted by molar-refractivity contribution is 5.77. The number of carbonyl (C=O) groups excluding carboxylic acids is 2. The molecular weight excluding hydrogens is 803 g/mol. The lowest BCUT2D eigenvalue weighted by Gasteiger charge is -2.41. The van der Waals surface area contributed by atoms with Gasteiger partial charge in [0.15, 0.2) is 6.29 Å². The number of hydrogen-bond donors (Lipinski definition) is 2. The Hall–Kier alpha value is -3.60. The minimum Gasteiger partial charge on any atom is -0.460 e. The number of ether oxygens (including phenoxy) is 5. The number of aliphatic hydroxyl groups excluding tert-OH is 1. The van der Waals surface area contributed by atoms with E-state index < -0.39 is 30.5 Å². The summed E-state index contributed by atoms with van der Waals surface area (Å²) in [5.41, 5.74) is 3.04. The third-order valence-electron chi connectivity index (χ3n) is 12.3. The molecule has 1 aliphatic heterocycles. The Labute approximate surface area is 386 Å². The van der Waals surface area contributed by atoms with Crippen molar-refractivity contribution in [2.24, 2.45) is 0 Å². The van der Waals surface area contributed by atoms with Crippen molar-refractivity contribution in [1.29, 1.82) is 0 Å². The molecule has 64 heavy (non-hydrogen) atoms. The maximum atomic E-state index is 14.1. The van der Waals surface area contributed by atoms with Crippen molar-refractivity contribution in [1.82, 2.24) is 5.32 Å². The zero-order chi connectivity index (χ0) is 45.3. The van der Waals surface area contributed by atoms with Crippen LogP contribution in [0.2, 0.25) is 0 Å². The van der Waals surface area contributed by atoms with Crippen LogP contribution in [0.1, 0.15) is 178 Å². The first kappa shape index (κ1) is 53.0. The number of nitrogens with one attached hydrogen (secondary N) is 1. The van der Waals surface area contributed by atoms with E-state index in [0.717, 1.165) is 55.2 Å². The summed E-state index contributed by atoms with van der Waals surface area (Å²) in [6, 6.07) is 29.0. The highest BCUT2D eigenvalue weighted by Crippen LogP contribution is 2.27. The lowest BCUT2D eigenvalue weighted by molar-refractivity contribution is -0.246. The maximum Gasteiger partial charge on any atom is 0.308 e. The Morgan fingerprint density at radius 3 is 1.47 bits per heavy atom. The van der Waals surface area contributed by atoms with Gasteiger partial charge in [0.25, 0.3) is 0 Å². The van der Waals surface area contributed by atoms with Gasteiger partial charge in [-0.1, -0.05) is 220 Å². The van der Waals surface area contributed by atoms with E-state index in [4.69, 9.17) is 23.7 Å². The van der Waals surface area contributed by atoms with Crippen LogP contribution in [0, 0.1) is 0 Å². The lowest BCUT2D eigenvalue weighted by atomic mass is 9.98. The number of unbranched alkanes of at least 4 members (excludes halogenated alkanes) is 16. The molecule has 0 radical (unpaired) electrons. The van der Waals surface area contributed by atoms with E-state index >= 15 is 0 Å². The molecular formula is C55H83NO8. The quantitative estimate of drug-likeness (QED) is 0.0438. The van der Waals surface area contributed by atoms with Crippen molar-refractivity contribution >= 4 is 11.9 Å². The summed E-state index contributed by atoms with van der Waals surface area (Å²) in [5.74, 6) is -0.637. The fourth-order valence-corrected chi connectivity index (χ4v) is 8.49. The second-order valence-electron chi connectivity index (χ2n) is 17.9. The van der Waals surface area contributed by atoms with Crippen LogP contribution in [0.15, 0.2) is 91.0 Å². The highest BCUT2D eigenvalue weighted by Gasteiger charge is 2.43. The van der Waals surface area contributed by atoms with Crippen molar-refractivity contribution in [3.8, 4) is 0 Å². The van der Waals surface area contributed by atoms with Gasteiger partial charge in [-0.25, -0.2) is 0 Å². The van der Waals surface area contributed by atoms with Gasteiger partial charge in [-0.05, 0) is 29.5 Å². The first-order valence-corrected chi connectivity index (χ1v) is 25.2. The van der Waals surface area contributed by atoms with Gasteiger partial charge in [0.05, 0.1) is 57.6 Å². The summed E-state index contributed by atoms with van der Waals surface area (Å²) >= 11 is 0. The molecule has 3 unspecified atom stereocenters. The molecule has 1 saturated heterocycles. The monoisotopic (exact) mass is 886 g/mol. The summed E-state index contributed by atoms with van der Waals surface area (Å²) in [4.78, 5) is 28.1. The number of carbonyl (C=O) groups is 2. The summed E-state index contributed by atoms with van der Waals surface area (Å²) < 4.78 is 31.8. The summed E-state index contributed by atoms with van der Waals surface area (Å²) in [6.07, 6.45) is 20.8. The van der Waals surface area contributed by atoms with Crippen LogP contribution in [0.4, 0.5) is 0 Å². The van der Waals surface area contributed by atoms with E-state index in [9.17, 15) is 14.7 Å². The number of amides is 1. The first-order chi connectivity index (χ1) is 31.5. The van der Waals surface area contributed by atoms with E-state index in [2.05, 4.69) is 19.2 Å². The molecule has 356 valence electrons. The second kappa shape index (κ2) is 33.8. The summed E-state index contributed by atoms with van der Waals surface area (Å²) in [6.45, 7) is 5.24. The Morgan fingerprint density at radius 2 is 1.02 bits per heavy atom. The van der Waals surface area contributed by atoms with Gasteiger partial charge < -0.3 is 34.1 Å². The normalized spacial score (nSPS) is 18.4. The van der Waals surface area contributed by atoms with Crippen molar-refractivity contribution in [3.63, 3.8) is 0 Å². The van der Waals surface area contributed by atoms with E-state index in [0.29, 0.717) is 13.2 Å². The number of rotatable bonds is 36. The van der Waals surface area contributed by atoms with Gasteiger partial charge in [-0.3, -0.25) is 9.59 Å². The molecule has 4 rings (SSSR count). The SMILES string of the molecule is CCCCCCCCCCC[C@H](CC(=O)NC1C(OC(=O)C[C@@H](CCCCCCCCCCC)OCc2ccccc2)CC(CO)O[C@@H]1OCc1ccccc1)OCc1ccccc1. The molecule has 0 bridgehead atoms. The number of aliphatic hydroxyl groups is 1. The molecule has 0 aliphatic carbocycles. The zero-order valence-electron chi connectivity index (χ0n) is 39.5. The van der Waals surface area contributed by atoms with Crippen LogP contribution in [0.5, 0.6) is 0 Å². The Morgan fingerprint density at radius 1 is 0.594 bits per heavy atom. The van der Waals surface area contributed by atoms with Crippen molar-refractivity contribution in [2.45, 2.75) is 218 Å². The smallest absolute Gasteiger partial charge is 0.308 e. The molecule has 1 fully saturated rings. The van der Waals surface area contributed by atoms with Crippen LogP contribution in [-0.2, 0) is 53.1 Å². The minimum atomic E-state index is -0.971. The van der Waals surface area contributed by atoms with E-state index in [1.54, 1.807) is 0 Å². The van der Waals surface area contributed by atoms with Crippen LogP contribution < -0.4 is 5.32 Å². The first-order valence-electron chi connectivity index (χ1n) is 25.2. The van der Waals surface area contributed by atoms with Gasteiger partial charge in [0, 0.05) is 6.42 Å². The average Bonchev–Trinajstić information content (AvgIpc) is 3.32. The average molecular weight is 886 g/mol. The van der Waals surface area contributed by atoms with Crippen molar-refractivity contribution < 1.29 is 38.4 Å². The van der Waals surface area contributed by atoms with Crippen LogP contribution in [0.25, 0.3) is 0 Å². The molecule has 0 aromatic heterocycles. The van der Waals surface area contributed by atoms with Crippen molar-refractivity contribution in [2.75, 3.05) is 6.61 Å². The second-order valence-corrected chi connectivity index (χ2v) is 17.9. The molecule has 0 spiro atoms. The topological polar surface area (TPSA) is 113 Å². The van der Waals surface area contributed by atoms with Gasteiger partial charge >= 0.3 is 5.97 Å². The van der Waals surface area contributed by atoms with Gasteiger partial charge in [0.2, 0.25) is 5.91 Å². The molecule has 1 heterocycles. The molecule has 1 amide bonds. The molecule has 3 aromatic rings. The van der Waals surface area contributed by atoms with Gasteiger partial charge in [0.1, 0.15) is 12.1 Å². The lowest BCUT2D eigenvalue weighted by Crippen LogP contribution is -2.59. The summed E-state index contributed by atoms with van der Waals surface area (Å²) in [5, 5.41) is 13.5. The Balaban J connectivity index is 1.43. The predicted molar refractivity (Wildman–Crippen MR) is 256 cm³/mol. The predicted octanol–water partition coefficient (Wildman–Crippen LogP) is 12.5. The molecule has 6 atom stereocenters. The fraction of sp³-hybridized carbons (Fsp3) is 0.636. The molecule has 3 aromatic carbocycles. The van der Waals surface area contributed by atoms with E-state index in [-0.39, 0.29) is 50.6 Å². The van der Waals surface area contributed by atoms with Crippen LogP contribution in [0.3, 0.4) is 0 Å². The largest absolute Gasteiger partial charge is 0.460 e. The molecule has 9 nitrogen and oxygen atoms in total. The molecule has 0 saturated carbocycles. The standard InChI is InChI=1S/C55H83NO8/c1-3-5-7-9-11-13-15-17-28-36-48(60-42-45-30-22-19-23-31-45)39-52(58)56-54-51(38-50(41-57)63-55(54)62-44-47-34-26-21-27-35-47)64-53(59)40-49(61-43-46-32-24-20-25-33-46)37-29-18-16-14-12-10-8-6-4-2/h19-27,30-35,48-51,54-55,57H,3-18,28-29,36-44H2,1-2H3,(H,56,58)/t48-,49-,50?,51?,54?,55+/m1/s1. The van der Waals surface area contributed by atoms with E-state index in [1.165, 1.54) is 89.9 Å². The molecule has 2 N–H and O–H groups in total. The Bertz CT molecular complexity index is 1590. The van der Waals surface area contributed by atoms with Crippen LogP contribution in [-0.4, -0.2) is 60.3 Å². The zero-order valence-corrected chi connectivity index (χ0v) is 39.5. The molecule has 1 aliphatic rings. The van der Waals surface area contributed by atoms with Crippen LogP contribution >= 0.6 is 0 Å². The number of benzene rings is 3. The van der Waals surface area contributed by atoms with Gasteiger partial charge in [-0.15, -0.1) is 0 Å². The molecule has 9 heteroatoms. The highest BCUT2D eigenvalue weighted by atomic mass is 16.7. The third kappa shape index (κ3) is 23.0.